The average molecular weight is 439 g/mol. The molecule has 3 aromatic carbocycles. The molecule has 0 saturated heterocycles. The molecular formula is C24H26N2O4S. The Hall–Kier alpha value is -3.32. The highest BCUT2D eigenvalue weighted by Gasteiger charge is 2.15. The van der Waals surface area contributed by atoms with Crippen molar-refractivity contribution in [1.29, 1.82) is 0 Å². The normalized spacial score (nSPS) is 11.0. The molecule has 7 heteroatoms. The van der Waals surface area contributed by atoms with Crippen molar-refractivity contribution >= 4 is 21.6 Å². The Balaban J connectivity index is 1.51. The molecule has 6 nitrogen and oxygen atoms in total. The van der Waals surface area contributed by atoms with Crippen LogP contribution in [0.2, 0.25) is 0 Å². The van der Waals surface area contributed by atoms with Crippen LogP contribution in [0.25, 0.3) is 0 Å². The number of nitrogens with one attached hydrogen (secondary N) is 2. The van der Waals surface area contributed by atoms with E-state index in [1.165, 1.54) is 24.3 Å². The lowest BCUT2D eigenvalue weighted by Crippen LogP contribution is -2.30. The van der Waals surface area contributed by atoms with Gasteiger partial charge in [0.1, 0.15) is 5.75 Å². The van der Waals surface area contributed by atoms with E-state index in [9.17, 15) is 13.2 Å². The zero-order chi connectivity index (χ0) is 22.3. The third-order valence-electron chi connectivity index (χ3n) is 4.72. The van der Waals surface area contributed by atoms with Crippen molar-refractivity contribution in [2.45, 2.75) is 25.2 Å². The van der Waals surface area contributed by atoms with Gasteiger partial charge in [-0.05, 0) is 67.3 Å². The van der Waals surface area contributed by atoms with Crippen molar-refractivity contribution < 1.29 is 17.9 Å². The second-order valence-electron chi connectivity index (χ2n) is 7.27. The van der Waals surface area contributed by atoms with Gasteiger partial charge >= 0.3 is 0 Å². The zero-order valence-electron chi connectivity index (χ0n) is 17.6. The fourth-order valence-electron chi connectivity index (χ4n) is 2.96. The third kappa shape index (κ3) is 6.58. The molecule has 1 amide bonds. The minimum atomic E-state index is -3.72. The van der Waals surface area contributed by atoms with Gasteiger partial charge in [0, 0.05) is 6.54 Å². The third-order valence-corrected chi connectivity index (χ3v) is 6.10. The summed E-state index contributed by atoms with van der Waals surface area (Å²) in [5.41, 5.74) is 3.50. The molecule has 3 aromatic rings. The van der Waals surface area contributed by atoms with Gasteiger partial charge in [-0.3, -0.25) is 9.52 Å². The molecule has 2 N–H and O–H groups in total. The van der Waals surface area contributed by atoms with Crippen LogP contribution in [0.15, 0.2) is 77.7 Å². The summed E-state index contributed by atoms with van der Waals surface area (Å²) in [5, 5.41) is 2.80. The van der Waals surface area contributed by atoms with Gasteiger partial charge in [0.05, 0.1) is 10.6 Å². The lowest BCUT2D eigenvalue weighted by atomic mass is 10.1. The summed E-state index contributed by atoms with van der Waals surface area (Å²) in [4.78, 5) is 12.1. The topological polar surface area (TPSA) is 84.5 Å². The van der Waals surface area contributed by atoms with Gasteiger partial charge in [0.2, 0.25) is 0 Å². The number of rotatable bonds is 9. The van der Waals surface area contributed by atoms with Gasteiger partial charge in [0.25, 0.3) is 15.9 Å². The molecule has 0 aliphatic heterocycles. The fraction of sp³-hybridized carbons (Fsp3) is 0.208. The summed E-state index contributed by atoms with van der Waals surface area (Å²) in [7, 11) is -3.72. The van der Waals surface area contributed by atoms with E-state index in [0.29, 0.717) is 18.0 Å². The molecule has 162 valence electrons. The number of carbonyl (C=O) groups is 1. The van der Waals surface area contributed by atoms with Crippen LogP contribution in [-0.4, -0.2) is 27.5 Å². The maximum atomic E-state index is 12.7. The highest BCUT2D eigenvalue weighted by Crippen LogP contribution is 2.22. The van der Waals surface area contributed by atoms with Gasteiger partial charge in [-0.25, -0.2) is 8.42 Å². The van der Waals surface area contributed by atoms with Crippen molar-refractivity contribution in [1.82, 2.24) is 5.32 Å². The van der Waals surface area contributed by atoms with Crippen LogP contribution in [0.3, 0.4) is 0 Å². The van der Waals surface area contributed by atoms with E-state index in [0.717, 1.165) is 23.1 Å². The molecule has 0 unspecified atom stereocenters. The highest BCUT2D eigenvalue weighted by atomic mass is 32.2. The minimum Gasteiger partial charge on any atom is -0.484 e. The van der Waals surface area contributed by atoms with E-state index in [-0.39, 0.29) is 17.4 Å². The number of ether oxygens (including phenoxy) is 1. The number of carbonyl (C=O) groups excluding carboxylic acids is 1. The van der Waals surface area contributed by atoms with Gasteiger partial charge < -0.3 is 10.1 Å². The Bertz CT molecular complexity index is 1130. The number of amides is 1. The molecule has 0 bridgehead atoms. The molecule has 0 aromatic heterocycles. The van der Waals surface area contributed by atoms with Crippen molar-refractivity contribution in [2.24, 2.45) is 0 Å². The van der Waals surface area contributed by atoms with Crippen molar-refractivity contribution in [3.8, 4) is 5.75 Å². The summed E-state index contributed by atoms with van der Waals surface area (Å²) in [6.45, 7) is 4.13. The molecule has 0 atom stereocenters. The van der Waals surface area contributed by atoms with E-state index in [1.807, 2.05) is 56.3 Å². The number of hydrogen-bond donors (Lipinski definition) is 2. The Labute approximate surface area is 183 Å². The number of anilines is 1. The smallest absolute Gasteiger partial charge is 0.261 e. The molecule has 0 radical (unpaired) electrons. The van der Waals surface area contributed by atoms with Gasteiger partial charge in [0.15, 0.2) is 6.61 Å². The average Bonchev–Trinajstić information content (AvgIpc) is 2.76. The second-order valence-corrected chi connectivity index (χ2v) is 8.95. The highest BCUT2D eigenvalue weighted by molar-refractivity contribution is 7.92. The van der Waals surface area contributed by atoms with Gasteiger partial charge in [-0.15, -0.1) is 0 Å². The minimum absolute atomic E-state index is 0.119. The quantitative estimate of drug-likeness (QED) is 0.532. The predicted octanol–water partition coefficient (Wildman–Crippen LogP) is 3.84. The van der Waals surface area contributed by atoms with Crippen LogP contribution in [0, 0.1) is 13.8 Å². The first-order valence-electron chi connectivity index (χ1n) is 9.97. The van der Waals surface area contributed by atoms with Crippen LogP contribution in [0.1, 0.15) is 16.7 Å². The maximum absolute atomic E-state index is 12.7. The van der Waals surface area contributed by atoms with Crippen LogP contribution < -0.4 is 14.8 Å². The Morgan fingerprint density at radius 1 is 0.935 bits per heavy atom. The van der Waals surface area contributed by atoms with E-state index < -0.39 is 10.0 Å². The number of hydrogen-bond acceptors (Lipinski definition) is 4. The summed E-state index contributed by atoms with van der Waals surface area (Å²) < 4.78 is 33.4. The number of sulfonamides is 1. The molecule has 0 aliphatic carbocycles. The summed E-state index contributed by atoms with van der Waals surface area (Å²) >= 11 is 0. The standard InChI is InChI=1S/C24H26N2O4S/c1-18-8-9-19(2)23(16-18)26-31(28,29)22-12-10-21(11-13-22)30-17-24(27)25-15-14-20-6-4-3-5-7-20/h3-13,16,26H,14-15,17H2,1-2H3,(H,25,27). The number of aryl methyl sites for hydroxylation is 2. The molecule has 0 saturated carbocycles. The molecule has 31 heavy (non-hydrogen) atoms. The van der Waals surface area contributed by atoms with Crippen LogP contribution in [0.5, 0.6) is 5.75 Å². The molecule has 0 spiro atoms. The predicted molar refractivity (Wildman–Crippen MR) is 122 cm³/mol. The fourth-order valence-corrected chi connectivity index (χ4v) is 4.08. The Kier molecular flexibility index (Phi) is 7.31. The zero-order valence-corrected chi connectivity index (χ0v) is 18.4. The lowest BCUT2D eigenvalue weighted by Gasteiger charge is -2.12. The first-order chi connectivity index (χ1) is 14.8. The van der Waals surface area contributed by atoms with Gasteiger partial charge in [-0.2, -0.15) is 0 Å². The second kappa shape index (κ2) is 10.1. The molecule has 0 aliphatic rings. The molecular weight excluding hydrogens is 412 g/mol. The summed E-state index contributed by atoms with van der Waals surface area (Å²) in [6, 6.07) is 21.5. The monoisotopic (exact) mass is 438 g/mol. The first-order valence-corrected chi connectivity index (χ1v) is 11.5. The van der Waals surface area contributed by atoms with Crippen LogP contribution in [0.4, 0.5) is 5.69 Å². The van der Waals surface area contributed by atoms with Gasteiger partial charge in [-0.1, -0.05) is 42.5 Å². The van der Waals surface area contributed by atoms with Crippen LogP contribution in [-0.2, 0) is 21.2 Å². The molecule has 3 rings (SSSR count). The lowest BCUT2D eigenvalue weighted by molar-refractivity contribution is -0.123. The SMILES string of the molecule is Cc1ccc(C)c(NS(=O)(=O)c2ccc(OCC(=O)NCCc3ccccc3)cc2)c1. The maximum Gasteiger partial charge on any atom is 0.261 e. The van der Waals surface area contributed by atoms with E-state index in [1.54, 1.807) is 6.07 Å². The van der Waals surface area contributed by atoms with E-state index in [4.69, 9.17) is 4.74 Å². The van der Waals surface area contributed by atoms with E-state index in [2.05, 4.69) is 10.0 Å². The summed E-state index contributed by atoms with van der Waals surface area (Å²) in [6.07, 6.45) is 0.743. The van der Waals surface area contributed by atoms with Crippen molar-refractivity contribution in [2.75, 3.05) is 17.9 Å². The number of benzene rings is 3. The van der Waals surface area contributed by atoms with Crippen molar-refractivity contribution in [3.05, 3.63) is 89.5 Å². The van der Waals surface area contributed by atoms with Crippen molar-refractivity contribution in [3.63, 3.8) is 0 Å². The molecule has 0 heterocycles. The Morgan fingerprint density at radius 2 is 1.65 bits per heavy atom. The largest absolute Gasteiger partial charge is 0.484 e. The Morgan fingerprint density at radius 3 is 2.35 bits per heavy atom. The first kappa shape index (κ1) is 22.4. The summed E-state index contributed by atoms with van der Waals surface area (Å²) in [5.74, 6) is 0.188. The molecule has 0 fully saturated rings. The van der Waals surface area contributed by atoms with Crippen LogP contribution >= 0.6 is 0 Å². The van der Waals surface area contributed by atoms with E-state index >= 15 is 0 Å².